The van der Waals surface area contributed by atoms with Crippen LogP contribution in [0.1, 0.15) is 19.3 Å². The van der Waals surface area contributed by atoms with Crippen LogP contribution in [-0.4, -0.2) is 30.8 Å². The van der Waals surface area contributed by atoms with Gasteiger partial charge in [0.15, 0.2) is 0 Å². The van der Waals surface area contributed by atoms with Crippen molar-refractivity contribution in [2.45, 2.75) is 19.3 Å². The maximum Gasteiger partial charge on any atom is 0.228 e. The van der Waals surface area contributed by atoms with Crippen LogP contribution in [0.5, 0.6) is 0 Å². The first-order valence-electron chi connectivity index (χ1n) is 7.01. The number of amides is 1. The Morgan fingerprint density at radius 3 is 2.85 bits per heavy atom. The molecule has 1 heterocycles. The Morgan fingerprint density at radius 2 is 2.20 bits per heavy atom. The Kier molecular flexibility index (Phi) is 3.20. The molecule has 1 aromatic rings. The third-order valence-corrected chi connectivity index (χ3v) is 4.37. The first-order chi connectivity index (χ1) is 9.54. The van der Waals surface area contributed by atoms with E-state index in [1.807, 2.05) is 25.1 Å². The predicted octanol–water partition coefficient (Wildman–Crippen LogP) is 1.70. The zero-order chi connectivity index (χ0) is 14.3. The second-order valence-corrected chi connectivity index (χ2v) is 6.01. The number of ketones is 1. The molecule has 2 bridgehead atoms. The van der Waals surface area contributed by atoms with Crippen LogP contribution in [0.3, 0.4) is 0 Å². The van der Waals surface area contributed by atoms with Crippen LogP contribution in [0.25, 0.3) is 0 Å². The second kappa shape index (κ2) is 4.89. The van der Waals surface area contributed by atoms with Crippen molar-refractivity contribution >= 4 is 23.2 Å². The van der Waals surface area contributed by atoms with Crippen molar-refractivity contribution in [1.82, 2.24) is 4.98 Å². The number of aromatic nitrogens is 1. The molecular weight excluding hydrogens is 254 g/mol. The summed E-state index contributed by atoms with van der Waals surface area (Å²) in [7, 11) is 3.81. The molecule has 1 aromatic heterocycles. The maximum atomic E-state index is 12.3. The van der Waals surface area contributed by atoms with Gasteiger partial charge in [0.05, 0.1) is 0 Å². The van der Waals surface area contributed by atoms with E-state index < -0.39 is 0 Å². The first kappa shape index (κ1) is 13.1. The number of carbonyl (C=O) groups is 2. The Hall–Kier alpha value is -1.91. The minimum atomic E-state index is -0.141. The van der Waals surface area contributed by atoms with Crippen molar-refractivity contribution in [3.05, 3.63) is 18.3 Å². The summed E-state index contributed by atoms with van der Waals surface area (Å²) in [5, 5.41) is 2.93. The standard InChI is InChI=1S/C15H19N3O2/c1-18(2)14-8-10(3-4-16-14)17-15(20)12-6-9-5-11(12)13(19)7-9/h3-4,8-9,11-12H,5-7H2,1-2H3,(H,16,17,20)/t9-,11+,12?/m0/s1. The highest BCUT2D eigenvalue weighted by molar-refractivity contribution is 5.98. The van der Waals surface area contributed by atoms with Gasteiger partial charge in [-0.2, -0.15) is 0 Å². The molecule has 2 aliphatic carbocycles. The van der Waals surface area contributed by atoms with Crippen molar-refractivity contribution in [3.63, 3.8) is 0 Å². The average Bonchev–Trinajstić information content (AvgIpc) is 2.98. The van der Waals surface area contributed by atoms with Crippen LogP contribution in [0.2, 0.25) is 0 Å². The number of pyridine rings is 1. The van der Waals surface area contributed by atoms with Crippen molar-refractivity contribution in [3.8, 4) is 0 Å². The van der Waals surface area contributed by atoms with E-state index in [1.165, 1.54) is 0 Å². The lowest BCUT2D eigenvalue weighted by Crippen LogP contribution is -2.31. The molecule has 1 unspecified atom stereocenters. The Morgan fingerprint density at radius 1 is 1.40 bits per heavy atom. The number of nitrogens with zero attached hydrogens (tertiary/aromatic N) is 2. The van der Waals surface area contributed by atoms with E-state index in [2.05, 4.69) is 10.3 Å². The van der Waals surface area contributed by atoms with E-state index in [4.69, 9.17) is 0 Å². The second-order valence-electron chi connectivity index (χ2n) is 6.01. The maximum absolute atomic E-state index is 12.3. The molecule has 5 nitrogen and oxygen atoms in total. The highest BCUT2D eigenvalue weighted by atomic mass is 16.2. The molecule has 0 saturated heterocycles. The molecule has 0 aliphatic heterocycles. The summed E-state index contributed by atoms with van der Waals surface area (Å²) in [5.74, 6) is 1.28. The van der Waals surface area contributed by atoms with Crippen molar-refractivity contribution < 1.29 is 9.59 Å². The van der Waals surface area contributed by atoms with Crippen LogP contribution in [0.15, 0.2) is 18.3 Å². The molecule has 3 rings (SSSR count). The summed E-state index contributed by atoms with van der Waals surface area (Å²) in [6.07, 6.45) is 4.11. The zero-order valence-electron chi connectivity index (χ0n) is 11.8. The van der Waals surface area contributed by atoms with Crippen LogP contribution >= 0.6 is 0 Å². The fourth-order valence-corrected chi connectivity index (χ4v) is 3.37. The highest BCUT2D eigenvalue weighted by Crippen LogP contribution is 2.46. The van der Waals surface area contributed by atoms with Crippen LogP contribution in [0, 0.1) is 17.8 Å². The number of carbonyl (C=O) groups excluding carboxylic acids is 2. The zero-order valence-corrected chi connectivity index (χ0v) is 11.8. The predicted molar refractivity (Wildman–Crippen MR) is 76.5 cm³/mol. The van der Waals surface area contributed by atoms with E-state index in [1.54, 1.807) is 12.3 Å². The third-order valence-electron chi connectivity index (χ3n) is 4.37. The lowest BCUT2D eigenvalue weighted by Gasteiger charge is -2.20. The van der Waals surface area contributed by atoms with E-state index >= 15 is 0 Å². The van der Waals surface area contributed by atoms with Gasteiger partial charge in [-0.15, -0.1) is 0 Å². The van der Waals surface area contributed by atoms with E-state index in [0.29, 0.717) is 12.3 Å². The highest BCUT2D eigenvalue weighted by Gasteiger charge is 2.48. The van der Waals surface area contributed by atoms with Gasteiger partial charge >= 0.3 is 0 Å². The fraction of sp³-hybridized carbons (Fsp3) is 0.533. The van der Waals surface area contributed by atoms with Gasteiger partial charge in [0.2, 0.25) is 5.91 Å². The Balaban J connectivity index is 1.70. The van der Waals surface area contributed by atoms with Crippen LogP contribution in [-0.2, 0) is 9.59 Å². The van der Waals surface area contributed by atoms with Gasteiger partial charge in [0.25, 0.3) is 0 Å². The number of rotatable bonds is 3. The summed E-state index contributed by atoms with van der Waals surface area (Å²) >= 11 is 0. The topological polar surface area (TPSA) is 62.3 Å². The molecule has 106 valence electrons. The molecule has 20 heavy (non-hydrogen) atoms. The molecule has 1 N–H and O–H groups in total. The van der Waals surface area contributed by atoms with Gasteiger partial charge in [0.1, 0.15) is 11.6 Å². The number of fused-ring (bicyclic) bond motifs is 2. The quantitative estimate of drug-likeness (QED) is 0.910. The lowest BCUT2D eigenvalue weighted by atomic mass is 9.87. The van der Waals surface area contributed by atoms with E-state index in [-0.39, 0.29) is 23.5 Å². The number of hydrogen-bond acceptors (Lipinski definition) is 4. The van der Waals surface area contributed by atoms with Gasteiger partial charge < -0.3 is 10.2 Å². The largest absolute Gasteiger partial charge is 0.363 e. The summed E-state index contributed by atoms with van der Waals surface area (Å²) in [6, 6.07) is 3.62. The molecule has 2 fully saturated rings. The first-order valence-corrected chi connectivity index (χ1v) is 7.01. The molecule has 0 spiro atoms. The van der Waals surface area contributed by atoms with Gasteiger partial charge in [0, 0.05) is 50.3 Å². The molecule has 2 aliphatic rings. The summed E-state index contributed by atoms with van der Waals surface area (Å²) in [6.45, 7) is 0. The summed E-state index contributed by atoms with van der Waals surface area (Å²) < 4.78 is 0. The van der Waals surface area contributed by atoms with Crippen LogP contribution in [0.4, 0.5) is 11.5 Å². The summed E-state index contributed by atoms with van der Waals surface area (Å²) in [4.78, 5) is 30.2. The van der Waals surface area contributed by atoms with Crippen molar-refractivity contribution in [2.75, 3.05) is 24.3 Å². The number of anilines is 2. The number of hydrogen-bond donors (Lipinski definition) is 1. The summed E-state index contributed by atoms with van der Waals surface area (Å²) in [5.41, 5.74) is 0.740. The normalized spacial score (nSPS) is 27.7. The monoisotopic (exact) mass is 273 g/mol. The lowest BCUT2D eigenvalue weighted by molar-refractivity contribution is -0.130. The molecule has 2 saturated carbocycles. The molecule has 3 atom stereocenters. The minimum absolute atomic E-state index is 0.0264. The van der Waals surface area contributed by atoms with E-state index in [9.17, 15) is 9.59 Å². The number of Topliss-reactive ketones (excluding diaryl/α,β-unsaturated/α-hetero) is 1. The van der Waals surface area contributed by atoms with Crippen molar-refractivity contribution in [1.29, 1.82) is 0 Å². The van der Waals surface area contributed by atoms with Crippen LogP contribution < -0.4 is 10.2 Å². The van der Waals surface area contributed by atoms with Crippen molar-refractivity contribution in [2.24, 2.45) is 17.8 Å². The molecule has 0 aromatic carbocycles. The smallest absolute Gasteiger partial charge is 0.228 e. The third kappa shape index (κ3) is 2.28. The van der Waals surface area contributed by atoms with E-state index in [0.717, 1.165) is 24.3 Å². The van der Waals surface area contributed by atoms with Gasteiger partial charge in [-0.1, -0.05) is 0 Å². The molecule has 5 heteroatoms. The Bertz CT molecular complexity index is 556. The van der Waals surface area contributed by atoms with Gasteiger partial charge in [-0.25, -0.2) is 4.98 Å². The SMILES string of the molecule is CN(C)c1cc(NC(=O)C2C[C@H]3CC(=O)[C@@H]2C3)ccn1. The molecule has 0 radical (unpaired) electrons. The van der Waals surface area contributed by atoms with Gasteiger partial charge in [-0.05, 0) is 24.8 Å². The Labute approximate surface area is 118 Å². The molecular formula is C15H19N3O2. The van der Waals surface area contributed by atoms with Gasteiger partial charge in [-0.3, -0.25) is 9.59 Å². The fourth-order valence-electron chi connectivity index (χ4n) is 3.37. The minimum Gasteiger partial charge on any atom is -0.363 e. The number of nitrogens with one attached hydrogen (secondary N) is 1. The molecule has 1 amide bonds. The average molecular weight is 273 g/mol.